The van der Waals surface area contributed by atoms with E-state index >= 15 is 0 Å². The molecule has 1 heterocycles. The van der Waals surface area contributed by atoms with Gasteiger partial charge in [-0.1, -0.05) is 209 Å². The Morgan fingerprint density at radius 3 is 1.75 bits per heavy atom. The highest BCUT2D eigenvalue weighted by molar-refractivity contribution is 6.01. The quantitative estimate of drug-likeness (QED) is 0.164. The van der Waals surface area contributed by atoms with Crippen LogP contribution in [0, 0.1) is 0 Å². The van der Waals surface area contributed by atoms with Gasteiger partial charge in [-0.05, 0) is 132 Å². The second-order valence-electron chi connectivity index (χ2n) is 19.3. The molecule has 0 unspecified atom stereocenters. The Hall–Kier alpha value is -8.46. The van der Waals surface area contributed by atoms with Crippen LogP contribution in [0.2, 0.25) is 0 Å². The van der Waals surface area contributed by atoms with E-state index in [0.717, 1.165) is 40.4 Å². The van der Waals surface area contributed by atoms with Crippen LogP contribution >= 0.6 is 0 Å². The minimum absolute atomic E-state index is 0.288. The molecule has 10 aromatic rings. The molecule has 1 aliphatic heterocycles. The molecule has 0 atom stereocenters. The Bertz CT molecular complexity index is 3720. The maximum absolute atomic E-state index is 4.53. The van der Waals surface area contributed by atoms with Crippen molar-refractivity contribution in [2.45, 2.75) is 24.7 Å². The summed E-state index contributed by atoms with van der Waals surface area (Å²) < 4.78 is 0. The molecule has 0 fully saturated rings. The lowest BCUT2D eigenvalue weighted by atomic mass is 9.67. The van der Waals surface area contributed by atoms with Crippen LogP contribution < -0.4 is 9.80 Å². The van der Waals surface area contributed by atoms with Crippen LogP contribution in [0.15, 0.2) is 249 Å². The molecular weight excluding hydrogens is 833 g/mol. The SMILES string of the molecule is C=C1/C=C\C=C/CN(c2ccc3c(c2)C(C)(C)c2cc(N(c4ccc5c(c4)C(c4ccccc4)(c4ccccc4)c4ccccc4-5)c4cccc5ccccc45)ccc2-3)c2cc3ccccc3cc21. The van der Waals surface area contributed by atoms with Gasteiger partial charge in [0, 0.05) is 45.7 Å². The Morgan fingerprint density at radius 1 is 0.449 bits per heavy atom. The van der Waals surface area contributed by atoms with E-state index in [1.807, 2.05) is 0 Å². The van der Waals surface area contributed by atoms with Crippen LogP contribution in [0.25, 0.3) is 49.4 Å². The van der Waals surface area contributed by atoms with Gasteiger partial charge in [-0.25, -0.2) is 0 Å². The van der Waals surface area contributed by atoms with Gasteiger partial charge < -0.3 is 9.80 Å². The second kappa shape index (κ2) is 15.8. The zero-order chi connectivity index (χ0) is 46.3. The Labute approximate surface area is 405 Å². The number of anilines is 5. The molecule has 0 amide bonds. The lowest BCUT2D eigenvalue weighted by Gasteiger charge is -2.35. The lowest BCUT2D eigenvalue weighted by molar-refractivity contribution is 0.660. The van der Waals surface area contributed by atoms with Gasteiger partial charge in [0.05, 0.1) is 11.1 Å². The fraction of sp³-hybridized carbons (Fsp3) is 0.0746. The van der Waals surface area contributed by atoms with E-state index in [9.17, 15) is 0 Å². The third-order valence-corrected chi connectivity index (χ3v) is 15.3. The van der Waals surface area contributed by atoms with E-state index in [1.165, 1.54) is 82.9 Å². The first-order valence-corrected chi connectivity index (χ1v) is 24.2. The van der Waals surface area contributed by atoms with E-state index in [0.29, 0.717) is 0 Å². The van der Waals surface area contributed by atoms with Gasteiger partial charge in [0.15, 0.2) is 0 Å². The van der Waals surface area contributed by atoms with Gasteiger partial charge >= 0.3 is 0 Å². The third kappa shape index (κ3) is 6.25. The number of rotatable bonds is 6. The predicted octanol–water partition coefficient (Wildman–Crippen LogP) is 17.4. The minimum Gasteiger partial charge on any atom is -0.337 e. The smallest absolute Gasteiger partial charge is 0.0714 e. The average Bonchev–Trinajstić information content (AvgIpc) is 3.84. The largest absolute Gasteiger partial charge is 0.337 e. The number of benzene rings is 10. The fourth-order valence-corrected chi connectivity index (χ4v) is 12.0. The molecule has 0 spiro atoms. The molecule has 0 radical (unpaired) electrons. The Balaban J connectivity index is 0.982. The first-order chi connectivity index (χ1) is 33.9. The molecule has 0 saturated heterocycles. The highest BCUT2D eigenvalue weighted by atomic mass is 15.1. The molecule has 0 saturated carbocycles. The number of nitrogens with zero attached hydrogens (tertiary/aromatic N) is 2. The molecule has 69 heavy (non-hydrogen) atoms. The van der Waals surface area contributed by atoms with E-state index in [1.54, 1.807) is 0 Å². The summed E-state index contributed by atoms with van der Waals surface area (Å²) in [5.74, 6) is 0. The standard InChI is InChI=1S/C67H50N2/c1-45-20-7-6-18-39-68(65-41-48-23-13-12-22-47(48)40-59(45)65)51-33-36-56-57-37-34-52(43-62(57)66(2,3)61(56)42-51)69(64-32-19-24-46-21-14-15-29-54(46)64)53-35-38-58-55-30-16-17-31-60(55)67(63(58)44-53,49-25-8-4-9-26-49)50-27-10-5-11-28-50/h4-38,40-44H,1,39H2,2-3H3/b18-6-,20-7-. The summed E-state index contributed by atoms with van der Waals surface area (Å²) in [5.41, 5.74) is 20.0. The molecule has 2 heteroatoms. The average molecular weight is 883 g/mol. The van der Waals surface area contributed by atoms with Crippen molar-refractivity contribution in [1.29, 1.82) is 0 Å². The van der Waals surface area contributed by atoms with E-state index in [4.69, 9.17) is 0 Å². The van der Waals surface area contributed by atoms with Crippen molar-refractivity contribution in [3.63, 3.8) is 0 Å². The van der Waals surface area contributed by atoms with E-state index in [2.05, 4.69) is 273 Å². The van der Waals surface area contributed by atoms with E-state index in [-0.39, 0.29) is 5.41 Å². The Kier molecular flexibility index (Phi) is 9.36. The van der Waals surface area contributed by atoms with Crippen LogP contribution in [0.3, 0.4) is 0 Å². The molecule has 10 aromatic carbocycles. The van der Waals surface area contributed by atoms with Crippen molar-refractivity contribution < 1.29 is 0 Å². The van der Waals surface area contributed by atoms with Gasteiger partial charge in [0.25, 0.3) is 0 Å². The van der Waals surface area contributed by atoms with Crippen LogP contribution in [-0.2, 0) is 10.8 Å². The normalized spacial score (nSPS) is 15.8. The highest BCUT2D eigenvalue weighted by Gasteiger charge is 2.46. The topological polar surface area (TPSA) is 6.48 Å². The number of hydrogen-bond acceptors (Lipinski definition) is 2. The fourth-order valence-electron chi connectivity index (χ4n) is 12.0. The predicted molar refractivity (Wildman–Crippen MR) is 292 cm³/mol. The Morgan fingerprint density at radius 2 is 1.01 bits per heavy atom. The molecule has 13 rings (SSSR count). The van der Waals surface area contributed by atoms with E-state index < -0.39 is 5.41 Å². The lowest BCUT2D eigenvalue weighted by Crippen LogP contribution is -2.28. The van der Waals surface area contributed by atoms with Crippen molar-refractivity contribution in [2.24, 2.45) is 0 Å². The monoisotopic (exact) mass is 882 g/mol. The van der Waals surface area contributed by atoms with Gasteiger partial charge in [0.1, 0.15) is 0 Å². The van der Waals surface area contributed by atoms with Crippen LogP contribution in [0.1, 0.15) is 52.8 Å². The number of hydrogen-bond donors (Lipinski definition) is 0. The van der Waals surface area contributed by atoms with Gasteiger partial charge in [0.2, 0.25) is 0 Å². The molecule has 328 valence electrons. The molecule has 0 N–H and O–H groups in total. The van der Waals surface area contributed by atoms with Crippen molar-refractivity contribution in [1.82, 2.24) is 0 Å². The first kappa shape index (κ1) is 40.8. The molecule has 2 aliphatic carbocycles. The summed E-state index contributed by atoms with van der Waals surface area (Å²) in [4.78, 5) is 4.97. The summed E-state index contributed by atoms with van der Waals surface area (Å²) in [6.45, 7) is 10.1. The zero-order valence-corrected chi connectivity index (χ0v) is 38.9. The van der Waals surface area contributed by atoms with Crippen LogP contribution in [-0.4, -0.2) is 6.54 Å². The first-order valence-electron chi connectivity index (χ1n) is 24.2. The van der Waals surface area contributed by atoms with Crippen molar-refractivity contribution in [3.05, 3.63) is 288 Å². The summed E-state index contributed by atoms with van der Waals surface area (Å²) in [6, 6.07) is 81.5. The summed E-state index contributed by atoms with van der Waals surface area (Å²) >= 11 is 0. The molecule has 0 bridgehead atoms. The maximum atomic E-state index is 4.53. The minimum atomic E-state index is -0.521. The van der Waals surface area contributed by atoms with Gasteiger partial charge in [-0.2, -0.15) is 0 Å². The van der Waals surface area contributed by atoms with Gasteiger partial charge in [-0.3, -0.25) is 0 Å². The summed E-state index contributed by atoms with van der Waals surface area (Å²) in [5, 5.41) is 4.85. The molecule has 0 aromatic heterocycles. The number of fused-ring (bicyclic) bond motifs is 9. The van der Waals surface area contributed by atoms with Crippen molar-refractivity contribution in [3.8, 4) is 22.3 Å². The van der Waals surface area contributed by atoms with Crippen molar-refractivity contribution in [2.75, 3.05) is 16.3 Å². The van der Waals surface area contributed by atoms with Gasteiger partial charge in [-0.15, -0.1) is 0 Å². The van der Waals surface area contributed by atoms with Crippen molar-refractivity contribution >= 4 is 55.6 Å². The zero-order valence-electron chi connectivity index (χ0n) is 38.9. The maximum Gasteiger partial charge on any atom is 0.0714 e. The van der Waals surface area contributed by atoms with Crippen LogP contribution in [0.5, 0.6) is 0 Å². The van der Waals surface area contributed by atoms with Crippen LogP contribution in [0.4, 0.5) is 28.4 Å². The summed E-state index contributed by atoms with van der Waals surface area (Å²) in [7, 11) is 0. The second-order valence-corrected chi connectivity index (χ2v) is 19.3. The third-order valence-electron chi connectivity index (χ3n) is 15.3. The number of allylic oxidation sites excluding steroid dienone is 4. The molecule has 2 nitrogen and oxygen atoms in total. The molecule has 3 aliphatic rings. The summed E-state index contributed by atoms with van der Waals surface area (Å²) in [6.07, 6.45) is 8.62. The highest BCUT2D eigenvalue weighted by Crippen LogP contribution is 2.58. The molecular formula is C67H50N2.